The number of hydrogen-bond acceptors (Lipinski definition) is 6. The van der Waals surface area contributed by atoms with Gasteiger partial charge in [0.05, 0.1) is 43.7 Å². The SMILES string of the molecule is COc1ccc(C(=O)Nc2cnn3c2C(=O)N(c2ccc(CCNCC(F)(F)F)cc2)[C@@H](C)C3)cc1C#N. The molecule has 0 unspecified atom stereocenters. The first-order valence-corrected chi connectivity index (χ1v) is 11.8. The van der Waals surface area contributed by atoms with Crippen LogP contribution >= 0.6 is 0 Å². The van der Waals surface area contributed by atoms with Gasteiger partial charge in [0.2, 0.25) is 0 Å². The monoisotopic (exact) mass is 526 g/mol. The molecule has 9 nitrogen and oxygen atoms in total. The molecular weight excluding hydrogens is 501 g/mol. The summed E-state index contributed by atoms with van der Waals surface area (Å²) in [6.45, 7) is 1.39. The van der Waals surface area contributed by atoms with Crippen molar-refractivity contribution < 1.29 is 27.5 Å². The van der Waals surface area contributed by atoms with Crippen molar-refractivity contribution >= 4 is 23.2 Å². The molecule has 1 aliphatic heterocycles. The maximum atomic E-state index is 13.5. The van der Waals surface area contributed by atoms with Crippen LogP contribution in [0.5, 0.6) is 5.75 Å². The summed E-state index contributed by atoms with van der Waals surface area (Å²) < 4.78 is 43.5. The maximum Gasteiger partial charge on any atom is 0.401 e. The Morgan fingerprint density at radius 2 is 1.97 bits per heavy atom. The van der Waals surface area contributed by atoms with Gasteiger partial charge in [-0.05, 0) is 55.8 Å². The normalized spacial score (nSPS) is 15.1. The number of hydrogen-bond donors (Lipinski definition) is 2. The molecule has 0 bridgehead atoms. The molecule has 12 heteroatoms. The highest BCUT2D eigenvalue weighted by Crippen LogP contribution is 2.29. The lowest BCUT2D eigenvalue weighted by Crippen LogP contribution is -2.47. The minimum atomic E-state index is -4.26. The lowest BCUT2D eigenvalue weighted by Gasteiger charge is -2.34. The molecule has 2 heterocycles. The summed E-state index contributed by atoms with van der Waals surface area (Å²) in [5.74, 6) is -0.527. The summed E-state index contributed by atoms with van der Waals surface area (Å²) >= 11 is 0. The minimum absolute atomic E-state index is 0.171. The van der Waals surface area contributed by atoms with E-state index < -0.39 is 18.6 Å². The number of nitriles is 1. The number of benzene rings is 2. The van der Waals surface area contributed by atoms with Crippen LogP contribution in [-0.4, -0.2) is 54.0 Å². The number of halogens is 3. The van der Waals surface area contributed by atoms with E-state index in [9.17, 15) is 28.0 Å². The maximum absolute atomic E-state index is 13.5. The average Bonchev–Trinajstić information content (AvgIpc) is 3.28. The highest BCUT2D eigenvalue weighted by atomic mass is 19.4. The molecule has 2 N–H and O–H groups in total. The number of ether oxygens (including phenoxy) is 1. The molecule has 0 aliphatic carbocycles. The quantitative estimate of drug-likeness (QED) is 0.433. The van der Waals surface area contributed by atoms with Crippen LogP contribution in [0.25, 0.3) is 0 Å². The fraction of sp³-hybridized carbons (Fsp3) is 0.308. The van der Waals surface area contributed by atoms with Gasteiger partial charge in [-0.2, -0.15) is 23.5 Å². The third kappa shape index (κ3) is 5.78. The van der Waals surface area contributed by atoms with E-state index in [1.165, 1.54) is 36.2 Å². The van der Waals surface area contributed by atoms with Crippen LogP contribution in [0.1, 0.15) is 38.9 Å². The zero-order valence-corrected chi connectivity index (χ0v) is 20.7. The Hall–Kier alpha value is -4.37. The Morgan fingerprint density at radius 1 is 1.24 bits per heavy atom. The van der Waals surface area contributed by atoms with Crippen molar-refractivity contribution in [1.82, 2.24) is 15.1 Å². The highest BCUT2D eigenvalue weighted by molar-refractivity contribution is 6.13. The number of nitrogens with one attached hydrogen (secondary N) is 2. The molecule has 198 valence electrons. The Bertz CT molecular complexity index is 1380. The molecule has 0 saturated heterocycles. The Kier molecular flexibility index (Phi) is 7.68. The van der Waals surface area contributed by atoms with Crippen molar-refractivity contribution in [1.29, 1.82) is 5.26 Å². The predicted molar refractivity (Wildman–Crippen MR) is 133 cm³/mol. The number of carbonyl (C=O) groups excluding carboxylic acids is 2. The second kappa shape index (κ2) is 10.9. The van der Waals surface area contributed by atoms with Crippen LogP contribution in [0.15, 0.2) is 48.7 Å². The summed E-state index contributed by atoms with van der Waals surface area (Å²) in [7, 11) is 1.43. The van der Waals surface area contributed by atoms with Crippen LogP contribution in [0.2, 0.25) is 0 Å². The van der Waals surface area contributed by atoms with Crippen molar-refractivity contribution in [2.24, 2.45) is 0 Å². The number of rotatable bonds is 8. The van der Waals surface area contributed by atoms with E-state index in [2.05, 4.69) is 15.7 Å². The number of aromatic nitrogens is 2. The summed E-state index contributed by atoms with van der Waals surface area (Å²) in [6, 6.07) is 13.2. The second-order valence-electron chi connectivity index (χ2n) is 8.80. The lowest BCUT2D eigenvalue weighted by molar-refractivity contribution is -0.124. The van der Waals surface area contributed by atoms with E-state index in [-0.39, 0.29) is 41.0 Å². The Labute approximate surface area is 216 Å². The molecule has 0 saturated carbocycles. The van der Waals surface area contributed by atoms with E-state index in [0.717, 1.165) is 5.56 Å². The summed E-state index contributed by atoms with van der Waals surface area (Å²) in [5.41, 5.74) is 2.32. The number of alkyl halides is 3. The van der Waals surface area contributed by atoms with E-state index >= 15 is 0 Å². The number of nitrogens with zero attached hydrogens (tertiary/aromatic N) is 4. The molecule has 1 atom stereocenters. The Balaban J connectivity index is 1.49. The van der Waals surface area contributed by atoms with Gasteiger partial charge >= 0.3 is 6.18 Å². The first kappa shape index (κ1) is 26.7. The van der Waals surface area contributed by atoms with Crippen LogP contribution in [0.3, 0.4) is 0 Å². The number of anilines is 2. The molecule has 2 aromatic carbocycles. The van der Waals surface area contributed by atoms with Crippen molar-refractivity contribution in [3.63, 3.8) is 0 Å². The first-order valence-electron chi connectivity index (χ1n) is 11.8. The predicted octanol–water partition coefficient (Wildman–Crippen LogP) is 3.76. The summed E-state index contributed by atoms with van der Waals surface area (Å²) in [6.07, 6.45) is -2.44. The van der Waals surface area contributed by atoms with Crippen molar-refractivity contribution in [3.8, 4) is 11.8 Å². The minimum Gasteiger partial charge on any atom is -0.495 e. The lowest BCUT2D eigenvalue weighted by atomic mass is 10.1. The van der Waals surface area contributed by atoms with Gasteiger partial charge in [0.25, 0.3) is 11.8 Å². The standard InChI is InChI=1S/C26H25F3N6O3/c1-16-14-34-23(21(13-32-34)33-24(36)18-5-8-22(38-2)19(11-18)12-30)25(37)35(16)20-6-3-17(4-7-20)9-10-31-15-26(27,28)29/h3-8,11,13,16,31H,9-10,14-15H2,1-2H3,(H,33,36)/t16-/m0/s1. The zero-order valence-electron chi connectivity index (χ0n) is 20.7. The third-order valence-electron chi connectivity index (χ3n) is 6.10. The van der Waals surface area contributed by atoms with Crippen molar-refractivity contribution in [2.75, 3.05) is 30.4 Å². The molecule has 0 spiro atoms. The largest absolute Gasteiger partial charge is 0.495 e. The van der Waals surface area contributed by atoms with Gasteiger partial charge in [-0.25, -0.2) is 0 Å². The molecule has 38 heavy (non-hydrogen) atoms. The molecule has 2 amide bonds. The summed E-state index contributed by atoms with van der Waals surface area (Å²) in [4.78, 5) is 28.0. The number of fused-ring (bicyclic) bond motifs is 1. The highest BCUT2D eigenvalue weighted by Gasteiger charge is 2.34. The van der Waals surface area contributed by atoms with Gasteiger partial charge in [0.15, 0.2) is 0 Å². The van der Waals surface area contributed by atoms with Crippen LogP contribution in [0, 0.1) is 11.3 Å². The van der Waals surface area contributed by atoms with E-state index in [0.29, 0.717) is 24.4 Å². The Morgan fingerprint density at radius 3 is 2.63 bits per heavy atom. The van der Waals surface area contributed by atoms with Gasteiger partial charge in [-0.1, -0.05) is 12.1 Å². The molecule has 0 radical (unpaired) electrons. The third-order valence-corrected chi connectivity index (χ3v) is 6.10. The fourth-order valence-electron chi connectivity index (χ4n) is 4.28. The molecule has 4 rings (SSSR count). The van der Waals surface area contributed by atoms with Crippen LogP contribution in [-0.2, 0) is 13.0 Å². The zero-order chi connectivity index (χ0) is 27.4. The van der Waals surface area contributed by atoms with Crippen LogP contribution < -0.4 is 20.3 Å². The van der Waals surface area contributed by atoms with E-state index in [1.54, 1.807) is 29.2 Å². The number of methoxy groups -OCH3 is 1. The molecule has 0 fully saturated rings. The molecule has 1 aliphatic rings. The van der Waals surface area contributed by atoms with Gasteiger partial charge < -0.3 is 20.3 Å². The topological polar surface area (TPSA) is 112 Å². The van der Waals surface area contributed by atoms with E-state index in [4.69, 9.17) is 4.74 Å². The van der Waals surface area contributed by atoms with Gasteiger partial charge in [-0.15, -0.1) is 0 Å². The second-order valence-corrected chi connectivity index (χ2v) is 8.80. The number of carbonyl (C=O) groups is 2. The average molecular weight is 527 g/mol. The smallest absolute Gasteiger partial charge is 0.401 e. The summed E-state index contributed by atoms with van der Waals surface area (Å²) in [5, 5.41) is 18.6. The molecule has 1 aromatic heterocycles. The van der Waals surface area contributed by atoms with Gasteiger partial charge in [0.1, 0.15) is 17.5 Å². The molecular formula is C26H25F3N6O3. The van der Waals surface area contributed by atoms with E-state index in [1.807, 2.05) is 13.0 Å². The van der Waals surface area contributed by atoms with Crippen molar-refractivity contribution in [2.45, 2.75) is 32.1 Å². The first-order chi connectivity index (χ1) is 18.1. The number of amides is 2. The van der Waals surface area contributed by atoms with Crippen LogP contribution in [0.4, 0.5) is 24.5 Å². The molecule has 3 aromatic rings. The van der Waals surface area contributed by atoms with Gasteiger partial charge in [-0.3, -0.25) is 14.3 Å². The van der Waals surface area contributed by atoms with Crippen molar-refractivity contribution in [3.05, 3.63) is 71.0 Å². The van der Waals surface area contributed by atoms with Gasteiger partial charge in [0, 0.05) is 11.3 Å². The fourth-order valence-corrected chi connectivity index (χ4v) is 4.28.